The Bertz CT molecular complexity index is 1800. The quantitative estimate of drug-likeness (QED) is 0.377. The van der Waals surface area contributed by atoms with E-state index in [1.165, 1.54) is 0 Å². The van der Waals surface area contributed by atoms with Crippen LogP contribution in [0.15, 0.2) is 60.9 Å². The van der Waals surface area contributed by atoms with Crippen LogP contribution in [-0.2, 0) is 16.8 Å². The van der Waals surface area contributed by atoms with Crippen molar-refractivity contribution in [2.45, 2.75) is 24.8 Å². The van der Waals surface area contributed by atoms with E-state index < -0.39 is 5.41 Å². The summed E-state index contributed by atoms with van der Waals surface area (Å²) in [5.41, 5.74) is 5.69. The van der Waals surface area contributed by atoms with E-state index in [9.17, 15) is 9.59 Å². The third-order valence-corrected chi connectivity index (χ3v) is 8.01. The first kappa shape index (κ1) is 24.1. The molecule has 3 aromatic heterocycles. The highest BCUT2D eigenvalue weighted by Gasteiger charge is 2.49. The number of carbonyl (C=O) groups excluding carboxylic acids is 2. The maximum atomic E-state index is 13.2. The molecule has 2 aliphatic rings. The molecule has 0 aliphatic carbocycles. The van der Waals surface area contributed by atoms with Crippen molar-refractivity contribution in [2.24, 2.45) is 0 Å². The van der Waals surface area contributed by atoms with E-state index in [4.69, 9.17) is 4.98 Å². The number of nitrogens with one attached hydrogen (secondary N) is 1. The lowest BCUT2D eigenvalue weighted by atomic mass is 9.73. The summed E-state index contributed by atoms with van der Waals surface area (Å²) < 4.78 is 1.75. The SMILES string of the molecule is CN(C)C(=O)N1CCC2(CC1)C(=O)Nc1ccc(-c3cnc4nnn(Cc5ccc6ncccc6c5)c4n3)cc12. The van der Waals surface area contributed by atoms with Gasteiger partial charge in [0.2, 0.25) is 11.6 Å². The maximum Gasteiger partial charge on any atom is 0.319 e. The Morgan fingerprint density at radius 3 is 2.75 bits per heavy atom. The third kappa shape index (κ3) is 3.84. The number of likely N-dealkylation sites (tertiary alicyclic amines) is 1. The molecule has 40 heavy (non-hydrogen) atoms. The first-order valence-electron chi connectivity index (χ1n) is 13.2. The van der Waals surface area contributed by atoms with Gasteiger partial charge in [-0.15, -0.1) is 5.10 Å². The highest BCUT2D eigenvalue weighted by molar-refractivity contribution is 6.07. The molecule has 0 unspecified atom stereocenters. The van der Waals surface area contributed by atoms with Gasteiger partial charge in [-0.05, 0) is 54.3 Å². The molecule has 2 aliphatic heterocycles. The van der Waals surface area contributed by atoms with Crippen LogP contribution in [-0.4, -0.2) is 78.9 Å². The molecular formula is C29H27N9O2. The van der Waals surface area contributed by atoms with Crippen LogP contribution in [0.2, 0.25) is 0 Å². The molecule has 5 heterocycles. The number of amides is 3. The van der Waals surface area contributed by atoms with Crippen LogP contribution in [0.25, 0.3) is 33.5 Å². The summed E-state index contributed by atoms with van der Waals surface area (Å²) in [5.74, 6) is -0.00833. The molecule has 1 fully saturated rings. The maximum absolute atomic E-state index is 13.2. The molecule has 0 radical (unpaired) electrons. The van der Waals surface area contributed by atoms with Crippen molar-refractivity contribution in [3.05, 3.63) is 72.1 Å². The van der Waals surface area contributed by atoms with E-state index in [2.05, 4.69) is 31.7 Å². The molecule has 7 rings (SSSR count). The van der Waals surface area contributed by atoms with Crippen molar-refractivity contribution in [3.8, 4) is 11.3 Å². The van der Waals surface area contributed by atoms with Gasteiger partial charge in [-0.1, -0.05) is 23.4 Å². The van der Waals surface area contributed by atoms with Gasteiger partial charge in [0.25, 0.3) is 0 Å². The second kappa shape index (κ2) is 9.08. The Hall–Kier alpha value is -4.93. The molecule has 0 saturated carbocycles. The van der Waals surface area contributed by atoms with Gasteiger partial charge in [0.15, 0.2) is 5.65 Å². The predicted molar refractivity (Wildman–Crippen MR) is 150 cm³/mol. The van der Waals surface area contributed by atoms with Crippen molar-refractivity contribution in [2.75, 3.05) is 32.5 Å². The molecular weight excluding hydrogens is 506 g/mol. The monoisotopic (exact) mass is 533 g/mol. The zero-order valence-electron chi connectivity index (χ0n) is 22.2. The fourth-order valence-corrected chi connectivity index (χ4v) is 5.83. The van der Waals surface area contributed by atoms with Gasteiger partial charge < -0.3 is 15.1 Å². The van der Waals surface area contributed by atoms with E-state index in [0.717, 1.165) is 33.3 Å². The molecule has 11 nitrogen and oxygen atoms in total. The normalized spacial score (nSPS) is 15.9. The fourth-order valence-electron chi connectivity index (χ4n) is 5.83. The molecule has 1 saturated heterocycles. The number of benzene rings is 2. The molecule has 200 valence electrons. The smallest absolute Gasteiger partial charge is 0.319 e. The molecule has 1 spiro atoms. The fraction of sp³-hybridized carbons (Fsp3) is 0.276. The first-order chi connectivity index (χ1) is 19.4. The number of carbonyl (C=O) groups is 2. The van der Waals surface area contributed by atoms with Gasteiger partial charge in [0.05, 0.1) is 29.4 Å². The standard InChI is InChI=1S/C29H27N9O2/c1-36(2)28(40)37-12-9-29(10-13-37)21-15-20(6-8-23(21)33-27(29)39)24-16-31-25-26(32-24)38(35-34-25)17-18-5-7-22-19(14-18)4-3-11-30-22/h3-8,11,14-16H,9-10,12-13,17H2,1-2H3,(H,33,39). The number of urea groups is 1. The molecule has 2 aromatic carbocycles. The average molecular weight is 534 g/mol. The van der Waals surface area contributed by atoms with E-state index in [-0.39, 0.29) is 11.9 Å². The summed E-state index contributed by atoms with van der Waals surface area (Å²) in [4.78, 5) is 42.9. The molecule has 3 amide bonds. The van der Waals surface area contributed by atoms with Crippen molar-refractivity contribution in [1.29, 1.82) is 0 Å². The Morgan fingerprint density at radius 2 is 1.93 bits per heavy atom. The van der Waals surface area contributed by atoms with Crippen LogP contribution in [0, 0.1) is 0 Å². The minimum Gasteiger partial charge on any atom is -0.331 e. The number of piperidine rings is 1. The lowest BCUT2D eigenvalue weighted by molar-refractivity contribution is -0.122. The Morgan fingerprint density at radius 1 is 1.07 bits per heavy atom. The summed E-state index contributed by atoms with van der Waals surface area (Å²) in [6, 6.07) is 16.0. The van der Waals surface area contributed by atoms with Gasteiger partial charge in [0, 0.05) is 50.0 Å². The summed E-state index contributed by atoms with van der Waals surface area (Å²) in [5, 5.41) is 12.6. The van der Waals surface area contributed by atoms with E-state index in [1.54, 1.807) is 41.0 Å². The van der Waals surface area contributed by atoms with Crippen LogP contribution in [0.4, 0.5) is 10.5 Å². The Labute approximate surface area is 229 Å². The van der Waals surface area contributed by atoms with Gasteiger partial charge in [0.1, 0.15) is 0 Å². The molecule has 11 heteroatoms. The number of aromatic nitrogens is 6. The predicted octanol–water partition coefficient (Wildman–Crippen LogP) is 3.45. The van der Waals surface area contributed by atoms with Crippen molar-refractivity contribution in [3.63, 3.8) is 0 Å². The number of fused-ring (bicyclic) bond motifs is 4. The highest BCUT2D eigenvalue weighted by atomic mass is 16.2. The van der Waals surface area contributed by atoms with Crippen LogP contribution in [0.5, 0.6) is 0 Å². The Balaban J connectivity index is 1.20. The Kier molecular flexibility index (Phi) is 5.48. The number of anilines is 1. The summed E-state index contributed by atoms with van der Waals surface area (Å²) >= 11 is 0. The third-order valence-electron chi connectivity index (χ3n) is 8.01. The molecule has 0 atom stereocenters. The lowest BCUT2D eigenvalue weighted by Crippen LogP contribution is -2.50. The van der Waals surface area contributed by atoms with E-state index in [0.29, 0.717) is 49.5 Å². The highest BCUT2D eigenvalue weighted by Crippen LogP contribution is 2.46. The number of rotatable bonds is 3. The largest absolute Gasteiger partial charge is 0.331 e. The van der Waals surface area contributed by atoms with Gasteiger partial charge in [-0.2, -0.15) is 0 Å². The van der Waals surface area contributed by atoms with Crippen molar-refractivity contribution >= 4 is 39.8 Å². The van der Waals surface area contributed by atoms with Gasteiger partial charge in [-0.3, -0.25) is 9.78 Å². The van der Waals surface area contributed by atoms with Crippen LogP contribution in [0.3, 0.4) is 0 Å². The van der Waals surface area contributed by atoms with E-state index in [1.807, 2.05) is 42.5 Å². The zero-order chi connectivity index (χ0) is 27.4. The number of hydrogen-bond donors (Lipinski definition) is 1. The molecule has 5 aromatic rings. The number of nitrogens with zero attached hydrogens (tertiary/aromatic N) is 8. The van der Waals surface area contributed by atoms with Crippen LogP contribution >= 0.6 is 0 Å². The van der Waals surface area contributed by atoms with Gasteiger partial charge in [-0.25, -0.2) is 19.4 Å². The minimum atomic E-state index is -0.666. The minimum absolute atomic E-state index is 0.00833. The summed E-state index contributed by atoms with van der Waals surface area (Å²) in [6.07, 6.45) is 4.61. The van der Waals surface area contributed by atoms with Crippen LogP contribution < -0.4 is 5.32 Å². The van der Waals surface area contributed by atoms with Crippen molar-refractivity contribution in [1.82, 2.24) is 39.7 Å². The number of hydrogen-bond acceptors (Lipinski definition) is 7. The lowest BCUT2D eigenvalue weighted by Gasteiger charge is -2.38. The number of pyridine rings is 1. The molecule has 0 bridgehead atoms. The topological polar surface area (TPSA) is 122 Å². The van der Waals surface area contributed by atoms with E-state index >= 15 is 0 Å². The molecule has 1 N–H and O–H groups in total. The van der Waals surface area contributed by atoms with Crippen molar-refractivity contribution < 1.29 is 9.59 Å². The zero-order valence-corrected chi connectivity index (χ0v) is 22.2. The second-order valence-electron chi connectivity index (χ2n) is 10.6. The second-order valence-corrected chi connectivity index (χ2v) is 10.6. The van der Waals surface area contributed by atoms with Crippen LogP contribution in [0.1, 0.15) is 24.0 Å². The first-order valence-corrected chi connectivity index (χ1v) is 13.2. The van der Waals surface area contributed by atoms with Gasteiger partial charge >= 0.3 is 6.03 Å². The average Bonchev–Trinajstić information content (AvgIpc) is 3.50. The summed E-state index contributed by atoms with van der Waals surface area (Å²) in [7, 11) is 3.49. The summed E-state index contributed by atoms with van der Waals surface area (Å²) in [6.45, 7) is 1.54.